The number of rotatable bonds is 6. The van der Waals surface area contributed by atoms with Crippen molar-refractivity contribution in [1.29, 1.82) is 0 Å². The lowest BCUT2D eigenvalue weighted by atomic mass is 10.2. The molecule has 0 aliphatic rings. The second-order valence-electron chi connectivity index (χ2n) is 4.01. The lowest BCUT2D eigenvalue weighted by Crippen LogP contribution is -1.99. The summed E-state index contributed by atoms with van der Waals surface area (Å²) in [5.74, 6) is -0.791. The molecule has 0 unspecified atom stereocenters. The van der Waals surface area contributed by atoms with Crippen molar-refractivity contribution in [3.63, 3.8) is 0 Å². The fourth-order valence-corrected chi connectivity index (χ4v) is 2.57. The molecule has 0 bridgehead atoms. The van der Waals surface area contributed by atoms with Gasteiger partial charge in [0.25, 0.3) is 0 Å². The molecule has 0 spiro atoms. The highest BCUT2D eigenvalue weighted by molar-refractivity contribution is 7.13. The van der Waals surface area contributed by atoms with Crippen LogP contribution in [0.15, 0.2) is 17.9 Å². The summed E-state index contributed by atoms with van der Waals surface area (Å²) in [6, 6.07) is 0. The molecule has 0 radical (unpaired) electrons. The van der Waals surface area contributed by atoms with Crippen LogP contribution in [0.25, 0.3) is 10.7 Å². The van der Waals surface area contributed by atoms with Gasteiger partial charge in [-0.1, -0.05) is 6.92 Å². The van der Waals surface area contributed by atoms with E-state index in [1.54, 1.807) is 12.5 Å². The van der Waals surface area contributed by atoms with E-state index < -0.39 is 5.97 Å². The normalized spacial score (nSPS) is 10.7. The standard InChI is InChI=1S/C12H15N3O2S/c1-2-5-15-8-13-6-10(15)12-14-9(7-18-12)3-4-11(16)17/h6-8H,2-5H2,1H3,(H,16,17). The van der Waals surface area contributed by atoms with Crippen LogP contribution in [0.1, 0.15) is 25.5 Å². The zero-order valence-electron chi connectivity index (χ0n) is 10.2. The number of carbonyl (C=O) groups is 1. The lowest BCUT2D eigenvalue weighted by Gasteiger charge is -2.02. The van der Waals surface area contributed by atoms with Gasteiger partial charge in [-0.3, -0.25) is 4.79 Å². The number of hydrogen-bond donors (Lipinski definition) is 1. The number of carboxylic acid groups (broad SMARTS) is 1. The second-order valence-corrected chi connectivity index (χ2v) is 4.87. The van der Waals surface area contributed by atoms with Gasteiger partial charge in [0.05, 0.1) is 30.3 Å². The smallest absolute Gasteiger partial charge is 0.303 e. The predicted molar refractivity (Wildman–Crippen MR) is 69.6 cm³/mol. The highest BCUT2D eigenvalue weighted by Crippen LogP contribution is 2.24. The first kappa shape index (κ1) is 12.8. The van der Waals surface area contributed by atoms with Gasteiger partial charge >= 0.3 is 5.97 Å². The zero-order chi connectivity index (χ0) is 13.0. The Labute approximate surface area is 109 Å². The van der Waals surface area contributed by atoms with E-state index >= 15 is 0 Å². The van der Waals surface area contributed by atoms with Gasteiger partial charge in [-0.15, -0.1) is 11.3 Å². The van der Waals surface area contributed by atoms with Crippen molar-refractivity contribution in [3.05, 3.63) is 23.6 Å². The molecule has 2 aromatic heterocycles. The average Bonchev–Trinajstić information content (AvgIpc) is 2.94. The van der Waals surface area contributed by atoms with Crippen molar-refractivity contribution in [2.75, 3.05) is 0 Å². The predicted octanol–water partition coefficient (Wildman–Crippen LogP) is 2.43. The fraction of sp³-hybridized carbons (Fsp3) is 0.417. The molecular weight excluding hydrogens is 250 g/mol. The number of imidazole rings is 1. The molecule has 0 amide bonds. The maximum absolute atomic E-state index is 10.5. The van der Waals surface area contributed by atoms with Crippen molar-refractivity contribution in [2.45, 2.75) is 32.7 Å². The number of aromatic nitrogens is 3. The molecule has 96 valence electrons. The van der Waals surface area contributed by atoms with Gasteiger partial charge in [-0.2, -0.15) is 0 Å². The minimum Gasteiger partial charge on any atom is -0.481 e. The molecule has 0 aliphatic heterocycles. The fourth-order valence-electron chi connectivity index (χ4n) is 1.69. The number of carboxylic acids is 1. The first-order chi connectivity index (χ1) is 8.70. The van der Waals surface area contributed by atoms with Crippen LogP contribution in [-0.4, -0.2) is 25.6 Å². The maximum atomic E-state index is 10.5. The monoisotopic (exact) mass is 265 g/mol. The molecule has 2 aromatic rings. The van der Waals surface area contributed by atoms with Crippen molar-refractivity contribution < 1.29 is 9.90 Å². The van der Waals surface area contributed by atoms with Crippen LogP contribution < -0.4 is 0 Å². The van der Waals surface area contributed by atoms with E-state index in [1.807, 2.05) is 5.38 Å². The Balaban J connectivity index is 2.13. The van der Waals surface area contributed by atoms with Gasteiger partial charge in [0.2, 0.25) is 0 Å². The molecule has 0 aromatic carbocycles. The average molecular weight is 265 g/mol. The Hall–Kier alpha value is -1.69. The molecule has 6 heteroatoms. The summed E-state index contributed by atoms with van der Waals surface area (Å²) in [4.78, 5) is 19.1. The van der Waals surface area contributed by atoms with Crippen LogP contribution in [0, 0.1) is 0 Å². The Bertz CT molecular complexity index is 533. The van der Waals surface area contributed by atoms with E-state index in [-0.39, 0.29) is 6.42 Å². The van der Waals surface area contributed by atoms with Gasteiger partial charge < -0.3 is 9.67 Å². The van der Waals surface area contributed by atoms with Gasteiger partial charge in [0.1, 0.15) is 5.01 Å². The molecule has 18 heavy (non-hydrogen) atoms. The van der Waals surface area contributed by atoms with Crippen molar-refractivity contribution >= 4 is 17.3 Å². The minimum atomic E-state index is -0.791. The first-order valence-electron chi connectivity index (χ1n) is 5.87. The third-order valence-corrected chi connectivity index (χ3v) is 3.46. The molecule has 0 fully saturated rings. The highest BCUT2D eigenvalue weighted by atomic mass is 32.1. The van der Waals surface area contributed by atoms with Crippen LogP contribution in [-0.2, 0) is 17.8 Å². The molecule has 0 aliphatic carbocycles. The van der Waals surface area contributed by atoms with Crippen LogP contribution >= 0.6 is 11.3 Å². The van der Waals surface area contributed by atoms with Crippen LogP contribution in [0.4, 0.5) is 0 Å². The topological polar surface area (TPSA) is 68.0 Å². The third-order valence-electron chi connectivity index (χ3n) is 2.54. The number of aliphatic carboxylic acids is 1. The van der Waals surface area contributed by atoms with E-state index in [1.165, 1.54) is 11.3 Å². The molecule has 0 saturated carbocycles. The number of aryl methyl sites for hydroxylation is 2. The van der Waals surface area contributed by atoms with Crippen molar-refractivity contribution in [1.82, 2.24) is 14.5 Å². The van der Waals surface area contributed by atoms with E-state index in [9.17, 15) is 4.79 Å². The SMILES string of the molecule is CCCn1cncc1-c1nc(CCC(=O)O)cs1. The number of nitrogens with zero attached hydrogens (tertiary/aromatic N) is 3. The van der Waals surface area contributed by atoms with Gasteiger partial charge in [0.15, 0.2) is 0 Å². The zero-order valence-corrected chi connectivity index (χ0v) is 11.0. The molecular formula is C12H15N3O2S. The minimum absolute atomic E-state index is 0.122. The Morgan fingerprint density at radius 2 is 2.39 bits per heavy atom. The molecule has 0 atom stereocenters. The number of hydrogen-bond acceptors (Lipinski definition) is 4. The highest BCUT2D eigenvalue weighted by Gasteiger charge is 2.10. The van der Waals surface area contributed by atoms with Gasteiger partial charge in [0, 0.05) is 18.3 Å². The summed E-state index contributed by atoms with van der Waals surface area (Å²) >= 11 is 1.53. The Morgan fingerprint density at radius 3 is 3.11 bits per heavy atom. The van der Waals surface area contributed by atoms with Crippen LogP contribution in [0.5, 0.6) is 0 Å². The summed E-state index contributed by atoms with van der Waals surface area (Å²) in [7, 11) is 0. The number of thiazole rings is 1. The summed E-state index contributed by atoms with van der Waals surface area (Å²) in [5, 5.41) is 11.5. The lowest BCUT2D eigenvalue weighted by molar-refractivity contribution is -0.136. The van der Waals surface area contributed by atoms with Crippen LogP contribution in [0.2, 0.25) is 0 Å². The summed E-state index contributed by atoms with van der Waals surface area (Å²) < 4.78 is 2.07. The molecule has 5 nitrogen and oxygen atoms in total. The maximum Gasteiger partial charge on any atom is 0.303 e. The second kappa shape index (κ2) is 5.77. The van der Waals surface area contributed by atoms with E-state index in [0.29, 0.717) is 6.42 Å². The van der Waals surface area contributed by atoms with Crippen molar-refractivity contribution in [2.24, 2.45) is 0 Å². The van der Waals surface area contributed by atoms with Crippen molar-refractivity contribution in [3.8, 4) is 10.7 Å². The van der Waals surface area contributed by atoms with E-state index in [0.717, 1.165) is 29.4 Å². The molecule has 1 N–H and O–H groups in total. The molecule has 2 rings (SSSR count). The van der Waals surface area contributed by atoms with Gasteiger partial charge in [-0.25, -0.2) is 9.97 Å². The largest absolute Gasteiger partial charge is 0.481 e. The Kier molecular flexibility index (Phi) is 4.09. The third kappa shape index (κ3) is 2.95. The quantitative estimate of drug-likeness (QED) is 0.871. The molecule has 0 saturated heterocycles. The summed E-state index contributed by atoms with van der Waals surface area (Å²) in [6.45, 7) is 3.03. The Morgan fingerprint density at radius 1 is 1.56 bits per heavy atom. The van der Waals surface area contributed by atoms with Crippen LogP contribution in [0.3, 0.4) is 0 Å². The summed E-state index contributed by atoms with van der Waals surface area (Å²) in [6.07, 6.45) is 5.25. The molecule has 2 heterocycles. The first-order valence-corrected chi connectivity index (χ1v) is 6.75. The van der Waals surface area contributed by atoms with E-state index in [2.05, 4.69) is 21.5 Å². The summed E-state index contributed by atoms with van der Waals surface area (Å²) in [5.41, 5.74) is 1.84. The van der Waals surface area contributed by atoms with Gasteiger partial charge in [-0.05, 0) is 6.42 Å². The van der Waals surface area contributed by atoms with E-state index in [4.69, 9.17) is 5.11 Å².